The lowest BCUT2D eigenvalue weighted by Gasteiger charge is -2.03. The van der Waals surface area contributed by atoms with E-state index in [-0.39, 0.29) is 5.75 Å². The molecule has 0 aromatic heterocycles. The maximum absolute atomic E-state index is 9.90. The van der Waals surface area contributed by atoms with E-state index in [2.05, 4.69) is 52.8 Å². The standard InChI is InChI=1S/C13H8Br3NO/c14-9-5-8(13(18)11(16)6-9)7-17-12-4-2-1-3-10(12)15/h1-7,18H. The first-order valence-corrected chi connectivity index (χ1v) is 7.42. The summed E-state index contributed by atoms with van der Waals surface area (Å²) >= 11 is 10.1. The number of hydrogen-bond acceptors (Lipinski definition) is 2. The van der Waals surface area contributed by atoms with Gasteiger partial charge in [-0.05, 0) is 56.1 Å². The van der Waals surface area contributed by atoms with E-state index in [1.165, 1.54) is 0 Å². The van der Waals surface area contributed by atoms with Gasteiger partial charge in [0.15, 0.2) is 0 Å². The molecule has 0 amide bonds. The molecule has 2 nitrogen and oxygen atoms in total. The normalized spacial score (nSPS) is 11.1. The zero-order valence-electron chi connectivity index (χ0n) is 9.07. The predicted octanol–water partition coefficient (Wildman–Crippen LogP) is 5.43. The SMILES string of the molecule is Oc1c(Br)cc(Br)cc1C=Nc1ccccc1Br. The Balaban J connectivity index is 2.38. The summed E-state index contributed by atoms with van der Waals surface area (Å²) in [5.41, 5.74) is 1.46. The Labute approximate surface area is 130 Å². The van der Waals surface area contributed by atoms with Crippen LogP contribution in [-0.4, -0.2) is 11.3 Å². The van der Waals surface area contributed by atoms with Gasteiger partial charge in [0, 0.05) is 20.7 Å². The summed E-state index contributed by atoms with van der Waals surface area (Å²) in [5, 5.41) is 9.90. The van der Waals surface area contributed by atoms with E-state index in [9.17, 15) is 5.11 Å². The summed E-state index contributed by atoms with van der Waals surface area (Å²) in [6, 6.07) is 11.2. The van der Waals surface area contributed by atoms with Crippen molar-refractivity contribution >= 4 is 59.7 Å². The van der Waals surface area contributed by atoms with Crippen molar-refractivity contribution < 1.29 is 5.11 Å². The van der Waals surface area contributed by atoms with Crippen LogP contribution in [0.15, 0.2) is 54.8 Å². The number of hydrogen-bond donors (Lipinski definition) is 1. The molecule has 0 unspecified atom stereocenters. The molecule has 0 spiro atoms. The molecule has 2 aromatic rings. The van der Waals surface area contributed by atoms with Crippen molar-refractivity contribution in [3.63, 3.8) is 0 Å². The van der Waals surface area contributed by atoms with Crippen LogP contribution >= 0.6 is 47.8 Å². The Morgan fingerprint density at radius 1 is 1.00 bits per heavy atom. The summed E-state index contributed by atoms with van der Waals surface area (Å²) in [7, 11) is 0. The number of rotatable bonds is 2. The Morgan fingerprint density at radius 2 is 1.72 bits per heavy atom. The topological polar surface area (TPSA) is 32.6 Å². The van der Waals surface area contributed by atoms with E-state index in [4.69, 9.17) is 0 Å². The molecule has 0 atom stereocenters. The molecule has 92 valence electrons. The van der Waals surface area contributed by atoms with Gasteiger partial charge < -0.3 is 5.11 Å². The van der Waals surface area contributed by atoms with Crippen LogP contribution in [0.2, 0.25) is 0 Å². The molecule has 1 N–H and O–H groups in total. The molecule has 0 aliphatic heterocycles. The Kier molecular flexibility index (Phi) is 4.59. The molecule has 2 rings (SSSR count). The van der Waals surface area contributed by atoms with Crippen molar-refractivity contribution in [2.24, 2.45) is 4.99 Å². The van der Waals surface area contributed by atoms with Gasteiger partial charge in [0.1, 0.15) is 5.75 Å². The van der Waals surface area contributed by atoms with Gasteiger partial charge in [-0.1, -0.05) is 28.1 Å². The van der Waals surface area contributed by atoms with Gasteiger partial charge in [-0.25, -0.2) is 0 Å². The predicted molar refractivity (Wildman–Crippen MR) is 84.9 cm³/mol. The lowest BCUT2D eigenvalue weighted by Crippen LogP contribution is -1.84. The third-order valence-electron chi connectivity index (χ3n) is 2.25. The highest BCUT2D eigenvalue weighted by Crippen LogP contribution is 2.31. The van der Waals surface area contributed by atoms with Gasteiger partial charge in [0.05, 0.1) is 10.2 Å². The number of phenolic OH excluding ortho intramolecular Hbond substituents is 1. The van der Waals surface area contributed by atoms with Gasteiger partial charge in [-0.15, -0.1) is 0 Å². The Hall–Kier alpha value is -0.650. The van der Waals surface area contributed by atoms with Crippen LogP contribution in [0, 0.1) is 0 Å². The van der Waals surface area contributed by atoms with Crippen LogP contribution in [0.3, 0.4) is 0 Å². The highest BCUT2D eigenvalue weighted by Gasteiger charge is 2.05. The molecule has 5 heteroatoms. The first kappa shape index (κ1) is 13.8. The van der Waals surface area contributed by atoms with Crippen molar-refractivity contribution in [3.8, 4) is 5.75 Å². The second kappa shape index (κ2) is 5.99. The van der Waals surface area contributed by atoms with E-state index < -0.39 is 0 Å². The molecule has 0 radical (unpaired) electrons. The van der Waals surface area contributed by atoms with Gasteiger partial charge in [0.2, 0.25) is 0 Å². The molecule has 2 aromatic carbocycles. The first-order chi connectivity index (χ1) is 8.58. The highest BCUT2D eigenvalue weighted by atomic mass is 79.9. The first-order valence-electron chi connectivity index (χ1n) is 5.04. The number of nitrogens with zero attached hydrogens (tertiary/aromatic N) is 1. The fourth-order valence-electron chi connectivity index (χ4n) is 1.38. The smallest absolute Gasteiger partial charge is 0.138 e. The monoisotopic (exact) mass is 431 g/mol. The summed E-state index contributed by atoms with van der Waals surface area (Å²) in [6.07, 6.45) is 1.63. The van der Waals surface area contributed by atoms with Crippen LogP contribution in [0.4, 0.5) is 5.69 Å². The zero-order valence-corrected chi connectivity index (χ0v) is 13.8. The van der Waals surface area contributed by atoms with E-state index in [1.807, 2.05) is 24.3 Å². The molecular formula is C13H8Br3NO. The maximum Gasteiger partial charge on any atom is 0.138 e. The van der Waals surface area contributed by atoms with Gasteiger partial charge in [0.25, 0.3) is 0 Å². The van der Waals surface area contributed by atoms with Gasteiger partial charge in [-0.3, -0.25) is 4.99 Å². The van der Waals surface area contributed by atoms with E-state index in [1.54, 1.807) is 18.3 Å². The molecule has 0 fully saturated rings. The van der Waals surface area contributed by atoms with Crippen LogP contribution < -0.4 is 0 Å². The van der Waals surface area contributed by atoms with E-state index in [0.29, 0.717) is 10.0 Å². The van der Waals surface area contributed by atoms with Crippen molar-refractivity contribution in [2.75, 3.05) is 0 Å². The van der Waals surface area contributed by atoms with Crippen LogP contribution in [-0.2, 0) is 0 Å². The summed E-state index contributed by atoms with van der Waals surface area (Å²) < 4.78 is 2.42. The van der Waals surface area contributed by atoms with Crippen molar-refractivity contribution in [1.29, 1.82) is 0 Å². The number of para-hydroxylation sites is 1. The summed E-state index contributed by atoms with van der Waals surface area (Å²) in [4.78, 5) is 4.35. The number of halogens is 3. The second-order valence-corrected chi connectivity index (χ2v) is 6.16. The fourth-order valence-corrected chi connectivity index (χ4v) is 3.03. The Bertz CT molecular complexity index is 611. The molecule has 0 aliphatic rings. The second-order valence-electron chi connectivity index (χ2n) is 3.54. The van der Waals surface area contributed by atoms with Gasteiger partial charge in [-0.2, -0.15) is 0 Å². The van der Waals surface area contributed by atoms with Crippen molar-refractivity contribution in [3.05, 3.63) is 55.4 Å². The number of phenols is 1. The number of aliphatic imine (C=N–C) groups is 1. The number of aromatic hydroxyl groups is 1. The average molecular weight is 434 g/mol. The lowest BCUT2D eigenvalue weighted by molar-refractivity contribution is 0.471. The highest BCUT2D eigenvalue weighted by molar-refractivity contribution is 9.11. The molecule has 0 saturated heterocycles. The molecule has 0 bridgehead atoms. The zero-order chi connectivity index (χ0) is 13.1. The molecule has 0 saturated carbocycles. The number of benzene rings is 2. The average Bonchev–Trinajstić information content (AvgIpc) is 2.33. The molecule has 0 heterocycles. The van der Waals surface area contributed by atoms with Crippen LogP contribution in [0.1, 0.15) is 5.56 Å². The van der Waals surface area contributed by atoms with Crippen molar-refractivity contribution in [2.45, 2.75) is 0 Å². The minimum Gasteiger partial charge on any atom is -0.506 e. The van der Waals surface area contributed by atoms with Crippen molar-refractivity contribution in [1.82, 2.24) is 0 Å². The fraction of sp³-hybridized carbons (Fsp3) is 0. The lowest BCUT2D eigenvalue weighted by atomic mass is 10.2. The maximum atomic E-state index is 9.90. The van der Waals surface area contributed by atoms with E-state index >= 15 is 0 Å². The summed E-state index contributed by atoms with van der Waals surface area (Å²) in [5.74, 6) is 0.175. The third-order valence-corrected chi connectivity index (χ3v) is 3.99. The largest absolute Gasteiger partial charge is 0.506 e. The quantitative estimate of drug-likeness (QED) is 0.629. The Morgan fingerprint density at radius 3 is 2.44 bits per heavy atom. The summed E-state index contributed by atoms with van der Waals surface area (Å²) in [6.45, 7) is 0. The van der Waals surface area contributed by atoms with Gasteiger partial charge >= 0.3 is 0 Å². The molecular weight excluding hydrogens is 426 g/mol. The molecule has 0 aliphatic carbocycles. The minimum absolute atomic E-state index is 0.175. The molecule has 18 heavy (non-hydrogen) atoms. The third kappa shape index (κ3) is 3.22. The van der Waals surface area contributed by atoms with Crippen LogP contribution in [0.25, 0.3) is 0 Å². The van der Waals surface area contributed by atoms with E-state index in [0.717, 1.165) is 14.6 Å². The minimum atomic E-state index is 0.175. The van der Waals surface area contributed by atoms with Crippen LogP contribution in [0.5, 0.6) is 5.75 Å².